The highest BCUT2D eigenvalue weighted by Gasteiger charge is 2.09. The summed E-state index contributed by atoms with van der Waals surface area (Å²) >= 11 is -1.91. The molecule has 0 aromatic rings. The van der Waals surface area contributed by atoms with E-state index in [9.17, 15) is 9.00 Å². The van der Waals surface area contributed by atoms with Gasteiger partial charge in [-0.25, -0.2) is 4.21 Å². The maximum Gasteiger partial charge on any atom is 0.307 e. The molecule has 1 N–H and O–H groups in total. The van der Waals surface area contributed by atoms with Crippen LogP contribution < -0.4 is 0 Å². The lowest BCUT2D eigenvalue weighted by atomic mass is 10.2. The molecule has 0 aliphatic heterocycles. The van der Waals surface area contributed by atoms with Gasteiger partial charge in [-0.15, -0.1) is 0 Å². The maximum absolute atomic E-state index is 11.1. The van der Waals surface area contributed by atoms with Crippen LogP contribution >= 0.6 is 0 Å². The third kappa shape index (κ3) is 8.19. The summed E-state index contributed by atoms with van der Waals surface area (Å²) < 4.78 is 23.7. The number of unbranched alkanes of at least 4 members (excludes halogenated alkanes) is 1. The minimum Gasteiger partial charge on any atom is -0.463 e. The molecule has 0 heterocycles. The molecule has 0 amide bonds. The molecule has 84 valence electrons. The number of hydrogen-bond donors (Lipinski definition) is 1. The van der Waals surface area contributed by atoms with Crippen molar-refractivity contribution in [3.8, 4) is 0 Å². The smallest absolute Gasteiger partial charge is 0.307 e. The van der Waals surface area contributed by atoms with Crippen molar-refractivity contribution in [2.45, 2.75) is 45.6 Å². The normalized spacial score (nSPS) is 14.8. The molecule has 2 atom stereocenters. The zero-order chi connectivity index (χ0) is 11.0. The molecule has 2 unspecified atom stereocenters. The Labute approximate surface area is 87.3 Å². The SMILES string of the molecule is CCCCC(C)OC(=O)CCS(=O)O. The molecule has 0 rings (SSSR count). The standard InChI is InChI=1S/C9H18O4S/c1-3-4-5-8(2)13-9(10)6-7-14(11)12/h8H,3-7H2,1-2H3,(H,11,12). The van der Waals surface area contributed by atoms with Gasteiger partial charge in [0, 0.05) is 0 Å². The van der Waals surface area contributed by atoms with Gasteiger partial charge >= 0.3 is 5.97 Å². The molecule has 0 aromatic heterocycles. The number of carbonyl (C=O) groups is 1. The Balaban J connectivity index is 3.55. The molecule has 0 saturated heterocycles. The molecule has 4 nitrogen and oxygen atoms in total. The summed E-state index contributed by atoms with van der Waals surface area (Å²) in [6.07, 6.45) is 2.88. The van der Waals surface area contributed by atoms with Crippen LogP contribution in [0.15, 0.2) is 0 Å². The Bertz CT molecular complexity index is 193. The summed E-state index contributed by atoms with van der Waals surface area (Å²) in [4.78, 5) is 11.1. The van der Waals surface area contributed by atoms with E-state index in [-0.39, 0.29) is 18.3 Å². The van der Waals surface area contributed by atoms with Crippen LogP contribution in [0.25, 0.3) is 0 Å². The van der Waals surface area contributed by atoms with E-state index in [0.29, 0.717) is 0 Å². The molecular weight excluding hydrogens is 204 g/mol. The van der Waals surface area contributed by atoms with E-state index >= 15 is 0 Å². The van der Waals surface area contributed by atoms with E-state index in [1.54, 1.807) is 0 Å². The van der Waals surface area contributed by atoms with Gasteiger partial charge in [0.05, 0.1) is 18.3 Å². The first-order chi connectivity index (χ1) is 6.56. The highest BCUT2D eigenvalue weighted by molar-refractivity contribution is 7.79. The fourth-order valence-electron chi connectivity index (χ4n) is 1.00. The van der Waals surface area contributed by atoms with Gasteiger partial charge in [0.15, 0.2) is 11.1 Å². The molecule has 0 bridgehead atoms. The predicted octanol–water partition coefficient (Wildman–Crippen LogP) is 1.72. The number of hydrogen-bond acceptors (Lipinski definition) is 3. The lowest BCUT2D eigenvalue weighted by Gasteiger charge is -2.11. The topological polar surface area (TPSA) is 63.6 Å². The third-order valence-electron chi connectivity index (χ3n) is 1.78. The van der Waals surface area contributed by atoms with E-state index < -0.39 is 17.0 Å². The van der Waals surface area contributed by atoms with Crippen molar-refractivity contribution >= 4 is 17.0 Å². The fraction of sp³-hybridized carbons (Fsp3) is 0.889. The van der Waals surface area contributed by atoms with Gasteiger partial charge in [-0.1, -0.05) is 19.8 Å². The maximum atomic E-state index is 11.1. The van der Waals surface area contributed by atoms with Crippen LogP contribution in [0.4, 0.5) is 0 Å². The minimum absolute atomic E-state index is 0.0135. The third-order valence-corrected chi connectivity index (χ3v) is 2.33. The van der Waals surface area contributed by atoms with Crippen molar-refractivity contribution in [3.63, 3.8) is 0 Å². The molecular formula is C9H18O4S. The summed E-state index contributed by atoms with van der Waals surface area (Å²) in [7, 11) is 0. The van der Waals surface area contributed by atoms with Crippen molar-refractivity contribution in [2.24, 2.45) is 0 Å². The van der Waals surface area contributed by atoms with E-state index in [1.807, 2.05) is 6.92 Å². The molecule has 0 radical (unpaired) electrons. The first-order valence-corrected chi connectivity index (χ1v) is 6.10. The molecule has 0 saturated carbocycles. The van der Waals surface area contributed by atoms with Gasteiger partial charge in [0.2, 0.25) is 0 Å². The van der Waals surface area contributed by atoms with Gasteiger partial charge < -0.3 is 9.29 Å². The summed E-state index contributed by atoms with van der Waals surface area (Å²) in [5.41, 5.74) is 0. The Morgan fingerprint density at radius 1 is 1.57 bits per heavy atom. The van der Waals surface area contributed by atoms with Crippen LogP contribution in [0.3, 0.4) is 0 Å². The summed E-state index contributed by atoms with van der Waals surface area (Å²) in [5.74, 6) is -0.435. The molecule has 0 aliphatic carbocycles. The average Bonchev–Trinajstić information content (AvgIpc) is 2.11. The van der Waals surface area contributed by atoms with E-state index in [4.69, 9.17) is 9.29 Å². The van der Waals surface area contributed by atoms with Crippen LogP contribution in [0.2, 0.25) is 0 Å². The predicted molar refractivity (Wildman–Crippen MR) is 55.3 cm³/mol. The zero-order valence-electron chi connectivity index (χ0n) is 8.69. The van der Waals surface area contributed by atoms with E-state index in [1.165, 1.54) is 0 Å². The van der Waals surface area contributed by atoms with Gasteiger partial charge in [-0.3, -0.25) is 4.79 Å². The Morgan fingerprint density at radius 3 is 2.71 bits per heavy atom. The van der Waals surface area contributed by atoms with E-state index in [2.05, 4.69) is 6.92 Å². The summed E-state index contributed by atoms with van der Waals surface area (Å²) in [6.45, 7) is 3.91. The summed E-state index contributed by atoms with van der Waals surface area (Å²) in [5, 5.41) is 0. The van der Waals surface area contributed by atoms with Crippen molar-refractivity contribution < 1.29 is 18.3 Å². The molecule has 0 aromatic carbocycles. The quantitative estimate of drug-likeness (QED) is 0.526. The zero-order valence-corrected chi connectivity index (χ0v) is 9.51. The first-order valence-electron chi connectivity index (χ1n) is 4.83. The van der Waals surface area contributed by atoms with Crippen molar-refractivity contribution in [1.29, 1.82) is 0 Å². The average molecular weight is 222 g/mol. The Morgan fingerprint density at radius 2 is 2.21 bits per heavy atom. The molecule has 0 aliphatic rings. The van der Waals surface area contributed by atoms with Gasteiger partial charge in [0.1, 0.15) is 0 Å². The highest BCUT2D eigenvalue weighted by Crippen LogP contribution is 2.05. The second kappa shape index (κ2) is 7.94. The molecule has 14 heavy (non-hydrogen) atoms. The highest BCUT2D eigenvalue weighted by atomic mass is 32.2. The number of carbonyl (C=O) groups excluding carboxylic acids is 1. The van der Waals surface area contributed by atoms with Crippen LogP contribution in [0.1, 0.15) is 39.5 Å². The number of rotatable bonds is 7. The number of ether oxygens (including phenoxy) is 1. The van der Waals surface area contributed by atoms with E-state index in [0.717, 1.165) is 19.3 Å². The van der Waals surface area contributed by atoms with Crippen LogP contribution in [-0.2, 0) is 20.6 Å². The summed E-state index contributed by atoms with van der Waals surface area (Å²) in [6, 6.07) is 0. The monoisotopic (exact) mass is 222 g/mol. The minimum atomic E-state index is -1.91. The fourth-order valence-corrected chi connectivity index (χ4v) is 1.35. The molecule has 0 fully saturated rings. The lowest BCUT2D eigenvalue weighted by molar-refractivity contribution is -0.148. The van der Waals surface area contributed by atoms with Crippen molar-refractivity contribution in [1.82, 2.24) is 0 Å². The second-order valence-corrected chi connectivity index (χ2v) is 4.27. The Hall–Kier alpha value is -0.420. The van der Waals surface area contributed by atoms with Crippen molar-refractivity contribution in [3.05, 3.63) is 0 Å². The largest absolute Gasteiger partial charge is 0.463 e. The van der Waals surface area contributed by atoms with Crippen molar-refractivity contribution in [2.75, 3.05) is 5.75 Å². The molecule has 5 heteroatoms. The van der Waals surface area contributed by atoms with Crippen LogP contribution in [-0.4, -0.2) is 26.6 Å². The Kier molecular flexibility index (Phi) is 7.70. The van der Waals surface area contributed by atoms with Gasteiger partial charge in [-0.2, -0.15) is 0 Å². The second-order valence-electron chi connectivity index (χ2n) is 3.22. The van der Waals surface area contributed by atoms with Gasteiger partial charge in [-0.05, 0) is 13.3 Å². The lowest BCUT2D eigenvalue weighted by Crippen LogP contribution is -2.16. The van der Waals surface area contributed by atoms with Crippen LogP contribution in [0.5, 0.6) is 0 Å². The molecule has 0 spiro atoms. The van der Waals surface area contributed by atoms with Gasteiger partial charge in [0.25, 0.3) is 0 Å². The van der Waals surface area contributed by atoms with Crippen LogP contribution in [0, 0.1) is 0 Å². The first kappa shape index (κ1) is 13.6. The number of esters is 1.